The highest BCUT2D eigenvalue weighted by molar-refractivity contribution is 9.09. The lowest BCUT2D eigenvalue weighted by molar-refractivity contribution is -0.286. The number of nitrogens with zero attached hydrogens (tertiary/aromatic N) is 1. The molecule has 2 heterocycles. The molecule has 0 radical (unpaired) electrons. The van der Waals surface area contributed by atoms with Crippen molar-refractivity contribution >= 4 is 15.9 Å². The van der Waals surface area contributed by atoms with Gasteiger partial charge in [-0.1, -0.05) is 22.0 Å². The third-order valence-corrected chi connectivity index (χ3v) is 8.51. The molecule has 1 saturated heterocycles. The van der Waals surface area contributed by atoms with Gasteiger partial charge in [0.25, 0.3) is 0 Å². The number of hydrogen-bond acceptors (Lipinski definition) is 5. The number of methoxy groups -OCH3 is 3. The normalized spacial score (nSPS) is 39.3. The monoisotopic (exact) mass is 423 g/mol. The predicted octanol–water partition coefficient (Wildman–Crippen LogP) is 2.73. The largest absolute Gasteiger partial charge is 0.493 e. The van der Waals surface area contributed by atoms with Crippen molar-refractivity contribution < 1.29 is 18.9 Å². The zero-order valence-corrected chi connectivity index (χ0v) is 17.3. The average Bonchev–Trinajstić information content (AvgIpc) is 3.00. The molecule has 142 valence electrons. The Kier molecular flexibility index (Phi) is 3.72. The number of halogens is 1. The fourth-order valence-electron chi connectivity index (χ4n) is 6.35. The Labute approximate surface area is 163 Å². The van der Waals surface area contributed by atoms with E-state index in [1.165, 1.54) is 11.1 Å². The van der Waals surface area contributed by atoms with Crippen LogP contribution >= 0.6 is 15.9 Å². The number of rotatable bonds is 3. The predicted molar refractivity (Wildman–Crippen MR) is 101 cm³/mol. The summed E-state index contributed by atoms with van der Waals surface area (Å²) in [6.07, 6.45) is 2.94. The molecule has 1 spiro atoms. The lowest BCUT2D eigenvalue weighted by Crippen LogP contribution is -2.73. The fraction of sp³-hybridized carbons (Fsp3) is 0.700. The van der Waals surface area contributed by atoms with Gasteiger partial charge in [-0.25, -0.2) is 0 Å². The van der Waals surface area contributed by atoms with Crippen molar-refractivity contribution in [3.63, 3.8) is 0 Å². The molecule has 0 N–H and O–H groups in total. The number of likely N-dealkylation sites (tertiary alicyclic amines) is 1. The number of piperidine rings is 1. The van der Waals surface area contributed by atoms with E-state index in [9.17, 15) is 0 Å². The van der Waals surface area contributed by atoms with Gasteiger partial charge in [0.15, 0.2) is 17.6 Å². The van der Waals surface area contributed by atoms with Crippen LogP contribution in [0.15, 0.2) is 12.1 Å². The molecule has 0 aromatic heterocycles. The van der Waals surface area contributed by atoms with Crippen LogP contribution in [0.4, 0.5) is 0 Å². The van der Waals surface area contributed by atoms with E-state index in [-0.39, 0.29) is 16.3 Å². The third-order valence-electron chi connectivity index (χ3n) is 7.50. The van der Waals surface area contributed by atoms with E-state index in [4.69, 9.17) is 18.9 Å². The maximum absolute atomic E-state index is 6.68. The zero-order chi connectivity index (χ0) is 18.3. The van der Waals surface area contributed by atoms with Gasteiger partial charge in [0.1, 0.15) is 0 Å². The molecule has 26 heavy (non-hydrogen) atoms. The molecule has 2 bridgehead atoms. The maximum atomic E-state index is 6.68. The minimum Gasteiger partial charge on any atom is -0.493 e. The van der Waals surface area contributed by atoms with Gasteiger partial charge in [-0.15, -0.1) is 0 Å². The molecule has 5 rings (SSSR count). The summed E-state index contributed by atoms with van der Waals surface area (Å²) in [6.45, 7) is 1.06. The Morgan fingerprint density at radius 3 is 2.69 bits per heavy atom. The van der Waals surface area contributed by atoms with E-state index in [1.807, 2.05) is 6.07 Å². The molecule has 6 heteroatoms. The summed E-state index contributed by atoms with van der Waals surface area (Å²) in [7, 11) is 7.44. The van der Waals surface area contributed by atoms with Crippen LogP contribution in [0.3, 0.4) is 0 Å². The van der Waals surface area contributed by atoms with Crippen molar-refractivity contribution in [2.45, 2.75) is 47.4 Å². The average molecular weight is 424 g/mol. The maximum Gasteiger partial charge on any atom is 0.219 e. The van der Waals surface area contributed by atoms with Crippen LogP contribution in [0.25, 0.3) is 0 Å². The highest BCUT2D eigenvalue weighted by Gasteiger charge is 2.72. The van der Waals surface area contributed by atoms with Gasteiger partial charge >= 0.3 is 0 Å². The standard InChI is InChI=1S/C20H26BrNO4/c1-22-8-7-19-12-10-15(21)20(24-3,25-4)18(19)26-17-14(23-2)6-5-11(16(17)19)9-13(12)22/h5-6,12-13,15,18H,7-10H2,1-4H3/t12-,13+,15?,18+,19-/m0/s1. The molecule has 0 amide bonds. The topological polar surface area (TPSA) is 40.2 Å². The number of hydrogen-bond donors (Lipinski definition) is 0. The SMILES string of the molecule is COc1ccc2c3c1O[C@H]1C(OC)(OC)C(Br)C[C@H]4[C@@H](C2)N(C)CC[C@@]341. The van der Waals surface area contributed by atoms with Crippen LogP contribution in [-0.2, 0) is 21.3 Å². The number of ether oxygens (including phenoxy) is 4. The summed E-state index contributed by atoms with van der Waals surface area (Å²) in [5.74, 6) is 1.42. The van der Waals surface area contributed by atoms with Crippen LogP contribution in [-0.4, -0.2) is 62.6 Å². The van der Waals surface area contributed by atoms with Crippen molar-refractivity contribution in [3.8, 4) is 11.5 Å². The Morgan fingerprint density at radius 2 is 2.00 bits per heavy atom. The highest BCUT2D eigenvalue weighted by Crippen LogP contribution is 2.66. The summed E-state index contributed by atoms with van der Waals surface area (Å²) in [5.41, 5.74) is 2.67. The van der Waals surface area contributed by atoms with Crippen molar-refractivity contribution in [2.24, 2.45) is 5.92 Å². The highest BCUT2D eigenvalue weighted by atomic mass is 79.9. The molecule has 2 aliphatic carbocycles. The number of alkyl halides is 1. The van der Waals surface area contributed by atoms with Crippen molar-refractivity contribution in [3.05, 3.63) is 23.3 Å². The van der Waals surface area contributed by atoms with E-state index in [1.54, 1.807) is 21.3 Å². The van der Waals surface area contributed by atoms with Crippen LogP contribution < -0.4 is 9.47 Å². The fourth-order valence-corrected chi connectivity index (χ4v) is 7.37. The third kappa shape index (κ3) is 1.77. The van der Waals surface area contributed by atoms with Gasteiger partial charge in [0, 0.05) is 31.2 Å². The van der Waals surface area contributed by atoms with Crippen molar-refractivity contribution in [1.29, 1.82) is 0 Å². The molecular weight excluding hydrogens is 398 g/mol. The Balaban J connectivity index is 1.80. The first kappa shape index (κ1) is 17.3. The molecule has 5 atom stereocenters. The molecule has 1 aromatic carbocycles. The molecule has 1 saturated carbocycles. The van der Waals surface area contributed by atoms with Gasteiger partial charge in [-0.3, -0.25) is 0 Å². The quantitative estimate of drug-likeness (QED) is 0.552. The molecule has 5 nitrogen and oxygen atoms in total. The molecule has 1 aromatic rings. The Morgan fingerprint density at radius 1 is 1.23 bits per heavy atom. The molecule has 1 unspecified atom stereocenters. The van der Waals surface area contributed by atoms with E-state index in [2.05, 4.69) is 33.9 Å². The lowest BCUT2D eigenvalue weighted by atomic mass is 9.50. The molecular formula is C20H26BrNO4. The molecule has 2 aliphatic heterocycles. The minimum atomic E-state index is -0.810. The van der Waals surface area contributed by atoms with Gasteiger partial charge in [-0.05, 0) is 50.4 Å². The van der Waals surface area contributed by atoms with Crippen LogP contribution in [0.2, 0.25) is 0 Å². The summed E-state index contributed by atoms with van der Waals surface area (Å²) < 4.78 is 24.4. The first-order chi connectivity index (χ1) is 12.5. The van der Waals surface area contributed by atoms with Gasteiger partial charge in [0.2, 0.25) is 5.79 Å². The second-order valence-electron chi connectivity index (χ2n) is 8.11. The van der Waals surface area contributed by atoms with Crippen molar-refractivity contribution in [2.75, 3.05) is 34.9 Å². The first-order valence-corrected chi connectivity index (χ1v) is 10.3. The molecule has 2 fully saturated rings. The lowest BCUT2D eigenvalue weighted by Gasteiger charge is -2.62. The summed E-state index contributed by atoms with van der Waals surface area (Å²) in [6, 6.07) is 4.80. The van der Waals surface area contributed by atoms with Crippen LogP contribution in [0, 0.1) is 5.92 Å². The van der Waals surface area contributed by atoms with E-state index in [0.29, 0.717) is 12.0 Å². The van der Waals surface area contributed by atoms with Crippen molar-refractivity contribution in [1.82, 2.24) is 4.90 Å². The second-order valence-corrected chi connectivity index (χ2v) is 9.22. The van der Waals surface area contributed by atoms with Gasteiger partial charge in [-0.2, -0.15) is 0 Å². The number of benzene rings is 1. The Hall–Kier alpha value is -0.820. The second kappa shape index (κ2) is 5.60. The smallest absolute Gasteiger partial charge is 0.219 e. The first-order valence-electron chi connectivity index (χ1n) is 9.35. The van der Waals surface area contributed by atoms with E-state index < -0.39 is 5.79 Å². The van der Waals surface area contributed by atoms with E-state index in [0.717, 1.165) is 37.3 Å². The zero-order valence-electron chi connectivity index (χ0n) is 15.8. The van der Waals surface area contributed by atoms with Gasteiger partial charge in [0.05, 0.1) is 11.9 Å². The van der Waals surface area contributed by atoms with E-state index >= 15 is 0 Å². The molecule has 4 aliphatic rings. The summed E-state index contributed by atoms with van der Waals surface area (Å²) in [4.78, 5) is 2.61. The summed E-state index contributed by atoms with van der Waals surface area (Å²) in [5, 5.41) is 0. The number of likely N-dealkylation sites (N-methyl/N-ethyl adjacent to an activating group) is 1. The summed E-state index contributed by atoms with van der Waals surface area (Å²) >= 11 is 3.90. The Bertz CT molecular complexity index is 752. The minimum absolute atomic E-state index is 0.0731. The van der Waals surface area contributed by atoms with Crippen LogP contribution in [0.1, 0.15) is 24.0 Å². The van der Waals surface area contributed by atoms with Crippen LogP contribution in [0.5, 0.6) is 11.5 Å². The van der Waals surface area contributed by atoms with Gasteiger partial charge < -0.3 is 23.8 Å².